The summed E-state index contributed by atoms with van der Waals surface area (Å²) < 4.78 is 13.4. The number of phenolic OH excluding ortho intramolecular Hbond substituents is 1. The van der Waals surface area contributed by atoms with Gasteiger partial charge in [0.15, 0.2) is 11.5 Å². The number of phenols is 1. The molecule has 10 heteroatoms. The number of nitrogens with zero attached hydrogens (tertiary/aromatic N) is 2. The van der Waals surface area contributed by atoms with E-state index in [1.54, 1.807) is 19.1 Å². The molecule has 7 rings (SSSR count). The second kappa shape index (κ2) is 17.5. The van der Waals surface area contributed by atoms with Crippen LogP contribution in [0, 0.1) is 11.3 Å². The fraction of sp³-hybridized carbons (Fsp3) is 0.468. The monoisotopic (exact) mass is 774 g/mol. The SMILES string of the molecule is CCC1CCC(OC(C)=O)CC(=O)CC(c2ccc(O)c(OC)c2)n2cc3cccc(c3c2)N(CCC(C)=O)C2=CC(=CCN2)C2(CCCC2)Cc2c[nH]cc2C1. The van der Waals surface area contributed by atoms with Gasteiger partial charge in [0.2, 0.25) is 0 Å². The number of H-pyrrole nitrogens is 1. The molecule has 1 aliphatic carbocycles. The molecule has 4 heterocycles. The van der Waals surface area contributed by atoms with E-state index in [0.29, 0.717) is 37.6 Å². The molecule has 0 amide bonds. The fourth-order valence-corrected chi connectivity index (χ4v) is 9.53. The molecule has 3 N–H and O–H groups in total. The van der Waals surface area contributed by atoms with Crippen molar-refractivity contribution in [3.05, 3.63) is 101 Å². The molecule has 4 aromatic rings. The Morgan fingerprint density at radius 3 is 2.56 bits per heavy atom. The Balaban J connectivity index is 1.37. The van der Waals surface area contributed by atoms with Crippen LogP contribution in [0.1, 0.15) is 108 Å². The number of methoxy groups -OCH3 is 1. The molecule has 0 radical (unpaired) electrons. The second-order valence-corrected chi connectivity index (χ2v) is 16.5. The van der Waals surface area contributed by atoms with Crippen LogP contribution >= 0.6 is 0 Å². The summed E-state index contributed by atoms with van der Waals surface area (Å²) >= 11 is 0. The molecule has 3 atom stereocenters. The van der Waals surface area contributed by atoms with Crippen molar-refractivity contribution >= 4 is 34.0 Å². The maximum absolute atomic E-state index is 14.2. The number of anilines is 1. The Morgan fingerprint density at radius 1 is 1.00 bits per heavy atom. The Morgan fingerprint density at radius 2 is 1.81 bits per heavy atom. The van der Waals surface area contributed by atoms with E-state index >= 15 is 0 Å². The molecule has 1 saturated carbocycles. The number of ketones is 2. The van der Waals surface area contributed by atoms with Gasteiger partial charge in [-0.2, -0.15) is 0 Å². The van der Waals surface area contributed by atoms with Crippen molar-refractivity contribution in [1.82, 2.24) is 14.9 Å². The number of aromatic amines is 1. The summed E-state index contributed by atoms with van der Waals surface area (Å²) in [6.07, 6.45) is 22.2. The van der Waals surface area contributed by atoms with E-state index in [0.717, 1.165) is 66.4 Å². The first-order chi connectivity index (χ1) is 27.6. The number of aromatic nitrogens is 2. The van der Waals surface area contributed by atoms with Crippen LogP contribution in [0.3, 0.4) is 0 Å². The minimum Gasteiger partial charge on any atom is -0.504 e. The maximum atomic E-state index is 14.2. The third-order valence-electron chi connectivity index (χ3n) is 12.6. The van der Waals surface area contributed by atoms with Crippen molar-refractivity contribution < 1.29 is 29.0 Å². The Kier molecular flexibility index (Phi) is 12.3. The lowest BCUT2D eigenvalue weighted by Crippen LogP contribution is -2.37. The molecule has 302 valence electrons. The molecule has 10 nitrogen and oxygen atoms in total. The summed E-state index contributed by atoms with van der Waals surface area (Å²) in [6, 6.07) is 11.0. The van der Waals surface area contributed by atoms with Gasteiger partial charge in [0.05, 0.1) is 18.8 Å². The van der Waals surface area contributed by atoms with Crippen molar-refractivity contribution in [2.75, 3.05) is 25.1 Å². The standard InChI is InChI=1S/C47H58N4O6/c1-5-33-11-13-40(57-32(3)53)24-39(54)25-43(34-12-14-44(55)45(22-34)56-4)50-29-35-9-8-10-42(41(35)30-50)51(20-16-31(2)52)46-23-38(15-19-49-46)47(17-6-7-18-47)26-37-28-48-27-36(37)21-33/h8-10,12,14-15,22-23,27-30,33,40,43,48-49,55H,5-7,11,13,16-21,24-26H2,1-4H3. The molecule has 4 bridgehead atoms. The zero-order valence-electron chi connectivity index (χ0n) is 33.9. The van der Waals surface area contributed by atoms with Crippen LogP contribution in [-0.2, 0) is 32.0 Å². The van der Waals surface area contributed by atoms with E-state index in [4.69, 9.17) is 9.47 Å². The van der Waals surface area contributed by atoms with E-state index in [9.17, 15) is 19.5 Å². The number of carbonyl (C=O) groups excluding carboxylic acids is 3. The highest BCUT2D eigenvalue weighted by Gasteiger charge is 2.39. The average molecular weight is 775 g/mol. The number of fused-ring (bicyclic) bond motifs is 4. The third kappa shape index (κ3) is 9.00. The Labute approximate surface area is 336 Å². The molecular weight excluding hydrogens is 717 g/mol. The number of aromatic hydroxyl groups is 1. The van der Waals surface area contributed by atoms with Gasteiger partial charge >= 0.3 is 5.97 Å². The van der Waals surface area contributed by atoms with Crippen LogP contribution in [0.25, 0.3) is 10.8 Å². The largest absolute Gasteiger partial charge is 0.504 e. The summed E-state index contributed by atoms with van der Waals surface area (Å²) in [5, 5.41) is 16.2. The van der Waals surface area contributed by atoms with Crippen molar-refractivity contribution in [3.63, 3.8) is 0 Å². The highest BCUT2D eigenvalue weighted by molar-refractivity contribution is 5.95. The number of Topliss-reactive ketones (excluding diaryl/α,β-unsaturated/α-hetero) is 2. The van der Waals surface area contributed by atoms with Gasteiger partial charge in [-0.25, -0.2) is 0 Å². The second-order valence-electron chi connectivity index (χ2n) is 16.5. The number of nitrogens with one attached hydrogen (secondary N) is 2. The Hall–Kier alpha value is -5.25. The van der Waals surface area contributed by atoms with Gasteiger partial charge in [0.1, 0.15) is 23.5 Å². The van der Waals surface area contributed by atoms with Gasteiger partial charge in [-0.3, -0.25) is 14.4 Å². The lowest BCUT2D eigenvalue weighted by molar-refractivity contribution is -0.148. The number of carbonyl (C=O) groups is 3. The van der Waals surface area contributed by atoms with Crippen molar-refractivity contribution in [2.24, 2.45) is 11.3 Å². The minimum atomic E-state index is -0.530. The van der Waals surface area contributed by atoms with Crippen LogP contribution in [-0.4, -0.2) is 58.5 Å². The van der Waals surface area contributed by atoms with Gasteiger partial charge in [0, 0.05) is 74.8 Å². The molecule has 2 aromatic carbocycles. The summed E-state index contributed by atoms with van der Waals surface area (Å²) in [6.45, 7) is 6.48. The molecule has 57 heavy (non-hydrogen) atoms. The smallest absolute Gasteiger partial charge is 0.302 e. The number of ether oxygens (including phenoxy) is 2. The number of esters is 1. The van der Waals surface area contributed by atoms with Gasteiger partial charge in [-0.1, -0.05) is 50.5 Å². The van der Waals surface area contributed by atoms with Gasteiger partial charge < -0.3 is 34.3 Å². The van der Waals surface area contributed by atoms with Gasteiger partial charge in [-0.05, 0) is 103 Å². The van der Waals surface area contributed by atoms with Crippen molar-refractivity contribution in [2.45, 2.75) is 110 Å². The third-order valence-corrected chi connectivity index (χ3v) is 12.6. The number of dihydropyridines is 1. The van der Waals surface area contributed by atoms with Crippen LogP contribution in [0.15, 0.2) is 84.7 Å². The van der Waals surface area contributed by atoms with Crippen LogP contribution < -0.4 is 15.0 Å². The maximum Gasteiger partial charge on any atom is 0.302 e. The number of hydrogen-bond donors (Lipinski definition) is 3. The summed E-state index contributed by atoms with van der Waals surface area (Å²) in [7, 11) is 1.51. The zero-order chi connectivity index (χ0) is 40.1. The van der Waals surface area contributed by atoms with E-state index in [2.05, 4.69) is 75.8 Å². The summed E-state index contributed by atoms with van der Waals surface area (Å²) in [5.41, 5.74) is 5.84. The van der Waals surface area contributed by atoms with Crippen LogP contribution in [0.4, 0.5) is 5.69 Å². The lowest BCUT2D eigenvalue weighted by Gasteiger charge is -2.36. The predicted molar refractivity (Wildman–Crippen MR) is 223 cm³/mol. The molecule has 2 aliphatic heterocycles. The molecule has 1 fully saturated rings. The number of rotatable bonds is 7. The average Bonchev–Trinajstić information content (AvgIpc) is 3.96. The van der Waals surface area contributed by atoms with Crippen LogP contribution in [0.2, 0.25) is 0 Å². The molecular formula is C47H58N4O6. The molecule has 2 aromatic heterocycles. The van der Waals surface area contributed by atoms with E-state index < -0.39 is 12.1 Å². The first-order valence-electron chi connectivity index (χ1n) is 20.8. The van der Waals surface area contributed by atoms with E-state index in [1.165, 1.54) is 43.6 Å². The lowest BCUT2D eigenvalue weighted by atomic mass is 9.72. The van der Waals surface area contributed by atoms with Gasteiger partial charge in [0.25, 0.3) is 0 Å². The highest BCUT2D eigenvalue weighted by Crippen LogP contribution is 2.49. The summed E-state index contributed by atoms with van der Waals surface area (Å²) in [5.74, 6) is 1.40. The van der Waals surface area contributed by atoms with E-state index in [-0.39, 0.29) is 41.5 Å². The number of allylic oxidation sites excluding steroid dienone is 2. The van der Waals surface area contributed by atoms with Crippen molar-refractivity contribution in [3.8, 4) is 11.5 Å². The molecule has 1 spiro atoms. The fourth-order valence-electron chi connectivity index (χ4n) is 9.53. The Bertz CT molecular complexity index is 2150. The molecule has 3 aliphatic rings. The summed E-state index contributed by atoms with van der Waals surface area (Å²) in [4.78, 5) is 44.8. The molecule has 3 unspecified atom stereocenters. The van der Waals surface area contributed by atoms with Crippen molar-refractivity contribution in [1.29, 1.82) is 0 Å². The topological polar surface area (TPSA) is 126 Å². The molecule has 0 saturated heterocycles. The first kappa shape index (κ1) is 40.0. The highest BCUT2D eigenvalue weighted by atomic mass is 16.5. The normalized spacial score (nSPS) is 21.6. The number of hydrogen-bond acceptors (Lipinski definition) is 8. The minimum absolute atomic E-state index is 0.00548. The quantitative estimate of drug-likeness (QED) is 0.159. The number of benzene rings is 2. The first-order valence-corrected chi connectivity index (χ1v) is 20.8. The van der Waals surface area contributed by atoms with Gasteiger partial charge in [-0.15, -0.1) is 0 Å². The van der Waals surface area contributed by atoms with E-state index in [1.807, 2.05) is 12.1 Å². The predicted octanol–water partition coefficient (Wildman–Crippen LogP) is 8.88. The zero-order valence-corrected chi connectivity index (χ0v) is 33.9. The van der Waals surface area contributed by atoms with Crippen LogP contribution in [0.5, 0.6) is 11.5 Å².